The molecule has 0 atom stereocenters. The number of halogens is 2. The summed E-state index contributed by atoms with van der Waals surface area (Å²) < 4.78 is 37.6. The number of likely N-dealkylation sites (N-methyl/N-ethyl adjacent to an activating group) is 1. The number of esters is 1. The standard InChI is InChI=1S/C26H25F2N5O3/c1-4-24(34)36-17-16-33(5-2)21-12-10-20(11-13-21)30-29-18-6-8-19(9-7-18)31-32-22-14-15-23(35-3)26(28)25(22)27/h4,6-15H,1,5,16-17H2,2-3H3. The van der Waals surface area contributed by atoms with Gasteiger partial charge in [0.2, 0.25) is 5.82 Å². The maximum Gasteiger partial charge on any atom is 0.330 e. The van der Waals surface area contributed by atoms with Crippen LogP contribution < -0.4 is 9.64 Å². The summed E-state index contributed by atoms with van der Waals surface area (Å²) in [6.45, 7) is 6.96. The fraction of sp³-hybridized carbons (Fsp3) is 0.192. The zero-order chi connectivity index (χ0) is 25.9. The highest BCUT2D eigenvalue weighted by Crippen LogP contribution is 2.29. The van der Waals surface area contributed by atoms with E-state index in [-0.39, 0.29) is 18.0 Å². The summed E-state index contributed by atoms with van der Waals surface area (Å²) in [5.41, 5.74) is 2.41. The average molecular weight is 494 g/mol. The Balaban J connectivity index is 1.59. The molecule has 0 radical (unpaired) electrons. The van der Waals surface area contributed by atoms with E-state index in [0.29, 0.717) is 23.6 Å². The Hall–Kier alpha value is -4.47. The van der Waals surface area contributed by atoms with Crippen LogP contribution in [0.25, 0.3) is 0 Å². The van der Waals surface area contributed by atoms with E-state index in [2.05, 4.69) is 31.9 Å². The van der Waals surface area contributed by atoms with E-state index in [1.54, 1.807) is 24.3 Å². The van der Waals surface area contributed by atoms with E-state index >= 15 is 0 Å². The molecule has 0 aliphatic rings. The van der Waals surface area contributed by atoms with Gasteiger partial charge in [-0.3, -0.25) is 0 Å². The number of methoxy groups -OCH3 is 1. The van der Waals surface area contributed by atoms with Gasteiger partial charge >= 0.3 is 5.97 Å². The van der Waals surface area contributed by atoms with Gasteiger partial charge in [-0.2, -0.15) is 19.7 Å². The van der Waals surface area contributed by atoms with E-state index in [1.807, 2.05) is 31.2 Å². The van der Waals surface area contributed by atoms with Crippen LogP contribution in [0, 0.1) is 11.6 Å². The molecule has 0 heterocycles. The second-order valence-corrected chi connectivity index (χ2v) is 7.30. The molecular formula is C26H25F2N5O3. The van der Waals surface area contributed by atoms with Crippen LogP contribution in [-0.4, -0.2) is 32.8 Å². The van der Waals surface area contributed by atoms with Gasteiger partial charge in [-0.25, -0.2) is 9.18 Å². The van der Waals surface area contributed by atoms with Crippen molar-refractivity contribution in [3.05, 3.63) is 85.0 Å². The first-order valence-electron chi connectivity index (χ1n) is 11.0. The van der Waals surface area contributed by atoms with E-state index in [0.717, 1.165) is 18.3 Å². The van der Waals surface area contributed by atoms with Crippen molar-refractivity contribution in [3.63, 3.8) is 0 Å². The molecule has 0 bridgehead atoms. The molecular weight excluding hydrogens is 468 g/mol. The van der Waals surface area contributed by atoms with Gasteiger partial charge in [0.25, 0.3) is 0 Å². The SMILES string of the molecule is C=CC(=O)OCCN(CC)c1ccc(N=Nc2ccc(N=Nc3ccc(OC)c(F)c3F)cc2)cc1. The Morgan fingerprint density at radius 3 is 1.97 bits per heavy atom. The molecule has 3 aromatic carbocycles. The number of nitrogens with zero attached hydrogens (tertiary/aromatic N) is 5. The number of benzene rings is 3. The number of azo groups is 2. The van der Waals surface area contributed by atoms with Crippen molar-refractivity contribution in [2.45, 2.75) is 6.92 Å². The predicted molar refractivity (Wildman–Crippen MR) is 133 cm³/mol. The Bertz CT molecular complexity index is 1250. The fourth-order valence-electron chi connectivity index (χ4n) is 3.08. The van der Waals surface area contributed by atoms with Gasteiger partial charge in [-0.15, -0.1) is 5.11 Å². The molecule has 0 spiro atoms. The lowest BCUT2D eigenvalue weighted by atomic mass is 10.2. The number of carbonyl (C=O) groups is 1. The van der Waals surface area contributed by atoms with E-state index in [9.17, 15) is 13.6 Å². The van der Waals surface area contributed by atoms with E-state index in [1.165, 1.54) is 19.2 Å². The molecule has 0 saturated heterocycles. The molecule has 3 aromatic rings. The van der Waals surface area contributed by atoms with Crippen molar-refractivity contribution in [2.24, 2.45) is 20.5 Å². The van der Waals surface area contributed by atoms with Gasteiger partial charge in [0.1, 0.15) is 12.3 Å². The highest BCUT2D eigenvalue weighted by Gasteiger charge is 2.13. The van der Waals surface area contributed by atoms with Crippen LogP contribution in [0.4, 0.5) is 37.2 Å². The zero-order valence-electron chi connectivity index (χ0n) is 19.9. The van der Waals surface area contributed by atoms with Crippen LogP contribution in [0.3, 0.4) is 0 Å². The summed E-state index contributed by atoms with van der Waals surface area (Å²) in [6.07, 6.45) is 1.14. The van der Waals surface area contributed by atoms with Crippen molar-refractivity contribution >= 4 is 34.4 Å². The first-order chi connectivity index (χ1) is 17.4. The third kappa shape index (κ3) is 7.02. The monoisotopic (exact) mass is 493 g/mol. The van der Waals surface area contributed by atoms with Crippen molar-refractivity contribution in [2.75, 3.05) is 31.7 Å². The van der Waals surface area contributed by atoms with Gasteiger partial charge in [-0.05, 0) is 67.6 Å². The van der Waals surface area contributed by atoms with Crippen LogP contribution in [0.1, 0.15) is 6.92 Å². The van der Waals surface area contributed by atoms with Gasteiger partial charge in [-0.1, -0.05) is 6.58 Å². The Morgan fingerprint density at radius 2 is 1.44 bits per heavy atom. The van der Waals surface area contributed by atoms with Crippen molar-refractivity contribution in [1.29, 1.82) is 0 Å². The molecule has 0 amide bonds. The number of anilines is 1. The summed E-state index contributed by atoms with van der Waals surface area (Å²) in [5.74, 6) is -2.90. The maximum atomic E-state index is 14.0. The molecule has 0 aliphatic heterocycles. The molecule has 0 unspecified atom stereocenters. The minimum absolute atomic E-state index is 0.204. The predicted octanol–water partition coefficient (Wildman–Crippen LogP) is 7.36. The molecule has 0 fully saturated rings. The Labute approximate surface area is 207 Å². The van der Waals surface area contributed by atoms with Crippen LogP contribution >= 0.6 is 0 Å². The minimum Gasteiger partial charge on any atom is -0.494 e. The quantitative estimate of drug-likeness (QED) is 0.159. The number of ether oxygens (including phenoxy) is 2. The molecule has 186 valence electrons. The molecule has 0 aromatic heterocycles. The summed E-state index contributed by atoms with van der Waals surface area (Å²) in [4.78, 5) is 13.2. The number of rotatable bonds is 11. The van der Waals surface area contributed by atoms with Gasteiger partial charge in [0.05, 0.1) is 30.7 Å². The highest BCUT2D eigenvalue weighted by atomic mass is 19.2. The average Bonchev–Trinajstić information content (AvgIpc) is 2.91. The lowest BCUT2D eigenvalue weighted by Crippen LogP contribution is -2.27. The van der Waals surface area contributed by atoms with Gasteiger partial charge < -0.3 is 14.4 Å². The maximum absolute atomic E-state index is 14.0. The van der Waals surface area contributed by atoms with E-state index in [4.69, 9.17) is 9.47 Å². The molecule has 0 N–H and O–H groups in total. The van der Waals surface area contributed by atoms with Crippen molar-refractivity contribution in [3.8, 4) is 5.75 Å². The first-order valence-corrected chi connectivity index (χ1v) is 11.0. The molecule has 36 heavy (non-hydrogen) atoms. The molecule has 8 nitrogen and oxygen atoms in total. The molecule has 0 saturated carbocycles. The van der Waals surface area contributed by atoms with Crippen molar-refractivity contribution in [1.82, 2.24) is 0 Å². The zero-order valence-corrected chi connectivity index (χ0v) is 19.9. The third-order valence-electron chi connectivity index (χ3n) is 5.02. The number of hydrogen-bond donors (Lipinski definition) is 0. The summed E-state index contributed by atoms with van der Waals surface area (Å²) in [6, 6.07) is 16.7. The first kappa shape index (κ1) is 26.1. The number of hydrogen-bond acceptors (Lipinski definition) is 8. The lowest BCUT2D eigenvalue weighted by Gasteiger charge is -2.22. The second-order valence-electron chi connectivity index (χ2n) is 7.30. The Morgan fingerprint density at radius 1 is 0.889 bits per heavy atom. The normalized spacial score (nSPS) is 11.1. The second kappa shape index (κ2) is 12.8. The molecule has 3 rings (SSSR count). The minimum atomic E-state index is -1.13. The molecule has 0 aliphatic carbocycles. The van der Waals surface area contributed by atoms with Crippen LogP contribution in [0.5, 0.6) is 5.75 Å². The summed E-state index contributed by atoms with van der Waals surface area (Å²) >= 11 is 0. The van der Waals surface area contributed by atoms with Gasteiger partial charge in [0, 0.05) is 18.3 Å². The summed E-state index contributed by atoms with van der Waals surface area (Å²) in [5, 5.41) is 16.1. The van der Waals surface area contributed by atoms with Crippen molar-refractivity contribution < 1.29 is 23.0 Å². The van der Waals surface area contributed by atoms with Gasteiger partial charge in [0.15, 0.2) is 11.6 Å². The molecule has 10 heteroatoms. The van der Waals surface area contributed by atoms with Crippen LogP contribution in [0.2, 0.25) is 0 Å². The van der Waals surface area contributed by atoms with E-state index < -0.39 is 17.6 Å². The summed E-state index contributed by atoms with van der Waals surface area (Å²) in [7, 11) is 1.25. The highest BCUT2D eigenvalue weighted by molar-refractivity contribution is 5.81. The Kier molecular flexibility index (Phi) is 9.33. The van der Waals surface area contributed by atoms with Crippen LogP contribution in [-0.2, 0) is 9.53 Å². The largest absolute Gasteiger partial charge is 0.494 e. The topological polar surface area (TPSA) is 88.2 Å². The smallest absolute Gasteiger partial charge is 0.330 e. The fourth-order valence-corrected chi connectivity index (χ4v) is 3.08. The number of carbonyl (C=O) groups excluding carboxylic acids is 1. The third-order valence-corrected chi connectivity index (χ3v) is 5.02. The lowest BCUT2D eigenvalue weighted by molar-refractivity contribution is -0.137. The van der Waals surface area contributed by atoms with Crippen LogP contribution in [0.15, 0.2) is 93.8 Å².